The lowest BCUT2D eigenvalue weighted by Gasteiger charge is -2.28. The first kappa shape index (κ1) is 32.4. The zero-order valence-corrected chi connectivity index (χ0v) is 23.5. The molecular formula is C33H32F8O2. The third kappa shape index (κ3) is 8.97. The summed E-state index contributed by atoms with van der Waals surface area (Å²) >= 11 is 0. The molecule has 0 aliphatic heterocycles. The molecule has 0 saturated heterocycles. The first-order valence-corrected chi connectivity index (χ1v) is 14.2. The maximum atomic E-state index is 14.9. The normalized spacial score (nSPS) is 17.8. The van der Waals surface area contributed by atoms with Gasteiger partial charge in [0.15, 0.2) is 17.4 Å². The van der Waals surface area contributed by atoms with Gasteiger partial charge in [-0.1, -0.05) is 63.6 Å². The Morgan fingerprint density at radius 3 is 1.91 bits per heavy atom. The zero-order valence-electron chi connectivity index (χ0n) is 23.5. The van der Waals surface area contributed by atoms with Gasteiger partial charge in [0, 0.05) is 0 Å². The minimum atomic E-state index is -4.73. The Kier molecular flexibility index (Phi) is 10.4. The molecule has 3 aromatic rings. The predicted octanol–water partition coefficient (Wildman–Crippen LogP) is 10.9. The number of allylic oxidation sites excluding steroid dienone is 1. The van der Waals surface area contributed by atoms with Crippen molar-refractivity contribution >= 4 is 0 Å². The maximum Gasteiger partial charge on any atom is 0.429 e. The highest BCUT2D eigenvalue weighted by molar-refractivity contribution is 5.65. The minimum absolute atomic E-state index is 0.0314. The number of halogens is 8. The first-order valence-electron chi connectivity index (χ1n) is 14.2. The van der Waals surface area contributed by atoms with Gasteiger partial charge in [0.2, 0.25) is 0 Å². The van der Waals surface area contributed by atoms with Gasteiger partial charge in [-0.05, 0) is 77.8 Å². The molecule has 0 radical (unpaired) electrons. The van der Waals surface area contributed by atoms with Crippen molar-refractivity contribution in [3.05, 3.63) is 95.5 Å². The molecule has 10 heteroatoms. The van der Waals surface area contributed by atoms with E-state index in [0.717, 1.165) is 61.6 Å². The van der Waals surface area contributed by atoms with Crippen molar-refractivity contribution in [2.24, 2.45) is 11.8 Å². The molecular weight excluding hydrogens is 580 g/mol. The summed E-state index contributed by atoms with van der Waals surface area (Å²) in [5.41, 5.74) is -0.111. The summed E-state index contributed by atoms with van der Waals surface area (Å²) in [6.07, 6.45) is -0.312. The van der Waals surface area contributed by atoms with E-state index in [0.29, 0.717) is 17.9 Å². The predicted molar refractivity (Wildman–Crippen MR) is 147 cm³/mol. The molecule has 2 nitrogen and oxygen atoms in total. The number of alkyl halides is 5. The third-order valence-corrected chi connectivity index (χ3v) is 7.73. The summed E-state index contributed by atoms with van der Waals surface area (Å²) in [6.45, 7) is 2.19. The largest absolute Gasteiger partial charge is 0.459 e. The van der Waals surface area contributed by atoms with Crippen LogP contribution in [0.1, 0.15) is 63.0 Å². The van der Waals surface area contributed by atoms with Crippen LogP contribution in [0.4, 0.5) is 35.1 Å². The number of hydrogen-bond donors (Lipinski definition) is 0. The topological polar surface area (TPSA) is 18.5 Å². The molecule has 0 heterocycles. The SMILES string of the molecule is CCCC1CCC(CCc2ccc(C(F)(F)Oc3ccc(-c4cc(F)c(O/C=C/C(F)(F)F)c(F)c4)cc3)c(F)c2)CC1. The molecule has 1 saturated carbocycles. The van der Waals surface area contributed by atoms with Gasteiger partial charge in [-0.2, -0.15) is 22.0 Å². The molecule has 1 fully saturated rings. The summed E-state index contributed by atoms with van der Waals surface area (Å²) in [5.74, 6) is -3.64. The molecule has 4 rings (SSSR count). The Balaban J connectivity index is 1.37. The Bertz CT molecular complexity index is 1370. The smallest absolute Gasteiger partial charge is 0.429 e. The van der Waals surface area contributed by atoms with Crippen molar-refractivity contribution in [2.75, 3.05) is 0 Å². The summed E-state index contributed by atoms with van der Waals surface area (Å²) < 4.78 is 119. The van der Waals surface area contributed by atoms with Crippen LogP contribution in [0.3, 0.4) is 0 Å². The molecule has 1 aliphatic carbocycles. The number of aryl methyl sites for hydroxylation is 1. The zero-order chi connectivity index (χ0) is 31.2. The van der Waals surface area contributed by atoms with E-state index in [4.69, 9.17) is 4.74 Å². The van der Waals surface area contributed by atoms with Crippen molar-refractivity contribution in [1.29, 1.82) is 0 Å². The van der Waals surface area contributed by atoms with Crippen molar-refractivity contribution in [3.63, 3.8) is 0 Å². The van der Waals surface area contributed by atoms with Crippen LogP contribution in [0.5, 0.6) is 11.5 Å². The summed E-state index contributed by atoms with van der Waals surface area (Å²) in [7, 11) is 0. The monoisotopic (exact) mass is 612 g/mol. The van der Waals surface area contributed by atoms with Crippen LogP contribution in [0.25, 0.3) is 11.1 Å². The lowest BCUT2D eigenvalue weighted by Crippen LogP contribution is -2.23. The molecule has 3 aromatic carbocycles. The standard InChI is InChI=1S/C33H32F8O2/c1-2-3-21-4-6-22(7-5-21)8-9-23-10-15-27(28(34)18-23)33(40,41)43-26-13-11-24(12-14-26)25-19-29(35)31(30(36)20-25)42-17-16-32(37,38)39/h10-22H,2-9H2,1H3/b17-16+. The summed E-state index contributed by atoms with van der Waals surface area (Å²) in [5, 5.41) is 0. The van der Waals surface area contributed by atoms with Gasteiger partial charge in [0.1, 0.15) is 11.6 Å². The van der Waals surface area contributed by atoms with Gasteiger partial charge >= 0.3 is 12.3 Å². The molecule has 0 spiro atoms. The fraction of sp³-hybridized carbons (Fsp3) is 0.394. The second-order valence-electron chi connectivity index (χ2n) is 10.9. The van der Waals surface area contributed by atoms with Crippen LogP contribution < -0.4 is 9.47 Å². The van der Waals surface area contributed by atoms with E-state index >= 15 is 0 Å². The van der Waals surface area contributed by atoms with Crippen molar-refractivity contribution in [2.45, 2.75) is 70.6 Å². The van der Waals surface area contributed by atoms with E-state index in [2.05, 4.69) is 11.7 Å². The number of ether oxygens (including phenoxy) is 2. The van der Waals surface area contributed by atoms with Gasteiger partial charge in [-0.3, -0.25) is 0 Å². The Hall–Kier alpha value is -3.56. The quantitative estimate of drug-likeness (QED) is 0.158. The fourth-order valence-corrected chi connectivity index (χ4v) is 5.47. The van der Waals surface area contributed by atoms with Crippen molar-refractivity contribution in [1.82, 2.24) is 0 Å². The lowest BCUT2D eigenvalue weighted by atomic mass is 9.78. The second kappa shape index (κ2) is 13.8. The Morgan fingerprint density at radius 2 is 1.35 bits per heavy atom. The maximum absolute atomic E-state index is 14.9. The second-order valence-corrected chi connectivity index (χ2v) is 10.9. The average molecular weight is 613 g/mol. The van der Waals surface area contributed by atoms with Gasteiger partial charge in [-0.15, -0.1) is 0 Å². The van der Waals surface area contributed by atoms with Gasteiger partial charge in [0.05, 0.1) is 17.9 Å². The molecule has 0 amide bonds. The molecule has 0 atom stereocenters. The highest BCUT2D eigenvalue weighted by atomic mass is 19.4. The van der Waals surface area contributed by atoms with Crippen LogP contribution in [-0.2, 0) is 12.5 Å². The highest BCUT2D eigenvalue weighted by Crippen LogP contribution is 2.37. The van der Waals surface area contributed by atoms with E-state index in [1.54, 1.807) is 0 Å². The molecule has 0 unspecified atom stereocenters. The van der Waals surface area contributed by atoms with Gasteiger partial charge in [0.25, 0.3) is 0 Å². The van der Waals surface area contributed by atoms with Crippen LogP contribution >= 0.6 is 0 Å². The Morgan fingerprint density at radius 1 is 0.744 bits per heavy atom. The summed E-state index contributed by atoms with van der Waals surface area (Å²) in [6, 6.07) is 10.0. The molecule has 0 aromatic heterocycles. The van der Waals surface area contributed by atoms with Gasteiger partial charge < -0.3 is 9.47 Å². The van der Waals surface area contributed by atoms with Crippen LogP contribution in [0, 0.1) is 29.3 Å². The van der Waals surface area contributed by atoms with E-state index in [9.17, 15) is 35.1 Å². The van der Waals surface area contributed by atoms with Gasteiger partial charge in [-0.25, -0.2) is 13.2 Å². The highest BCUT2D eigenvalue weighted by Gasteiger charge is 2.37. The van der Waals surface area contributed by atoms with Crippen LogP contribution in [0.2, 0.25) is 0 Å². The minimum Gasteiger partial charge on any atom is -0.459 e. The first-order chi connectivity index (χ1) is 20.3. The summed E-state index contributed by atoms with van der Waals surface area (Å²) in [4.78, 5) is 0. The van der Waals surface area contributed by atoms with Crippen molar-refractivity contribution in [3.8, 4) is 22.6 Å². The van der Waals surface area contributed by atoms with Crippen LogP contribution in [0.15, 0.2) is 66.9 Å². The third-order valence-electron chi connectivity index (χ3n) is 7.73. The van der Waals surface area contributed by atoms with E-state index in [1.807, 2.05) is 0 Å². The van der Waals surface area contributed by atoms with E-state index in [-0.39, 0.29) is 29.2 Å². The van der Waals surface area contributed by atoms with E-state index < -0.39 is 41.0 Å². The van der Waals surface area contributed by atoms with Crippen LogP contribution in [-0.4, -0.2) is 6.18 Å². The Labute approximate surface area is 245 Å². The molecule has 43 heavy (non-hydrogen) atoms. The molecule has 232 valence electrons. The number of benzene rings is 3. The molecule has 1 aliphatic rings. The average Bonchev–Trinajstić information content (AvgIpc) is 2.94. The molecule has 0 bridgehead atoms. The fourth-order valence-electron chi connectivity index (χ4n) is 5.47. The van der Waals surface area contributed by atoms with Crippen molar-refractivity contribution < 1.29 is 44.6 Å². The number of rotatable bonds is 11. The lowest BCUT2D eigenvalue weighted by molar-refractivity contribution is -0.187. The number of hydrogen-bond acceptors (Lipinski definition) is 2. The molecule has 0 N–H and O–H groups in total. The van der Waals surface area contributed by atoms with E-state index in [1.165, 1.54) is 43.9 Å².